The Kier molecular flexibility index (Phi) is 6.57. The molecule has 27 heavy (non-hydrogen) atoms. The SMILES string of the molecule is CC(C)Cc1ccc(/C=C\C(=O)N2CCN(c3cccc(Cl)c3)CC2)cc1. The molecule has 0 N–H and O–H groups in total. The molecule has 0 bridgehead atoms. The van der Waals surface area contributed by atoms with Gasteiger partial charge in [0.15, 0.2) is 0 Å². The number of halogens is 1. The van der Waals surface area contributed by atoms with E-state index >= 15 is 0 Å². The summed E-state index contributed by atoms with van der Waals surface area (Å²) in [7, 11) is 0. The fourth-order valence-electron chi connectivity index (χ4n) is 3.37. The normalized spacial score (nSPS) is 15.0. The molecule has 0 saturated carbocycles. The number of benzene rings is 2. The van der Waals surface area contributed by atoms with Gasteiger partial charge in [-0.2, -0.15) is 0 Å². The Hall–Kier alpha value is -2.26. The molecular weight excluding hydrogens is 356 g/mol. The van der Waals surface area contributed by atoms with Gasteiger partial charge in [-0.3, -0.25) is 4.79 Å². The maximum absolute atomic E-state index is 12.5. The Labute approximate surface area is 167 Å². The van der Waals surface area contributed by atoms with E-state index in [-0.39, 0.29) is 5.91 Å². The van der Waals surface area contributed by atoms with Crippen molar-refractivity contribution in [2.75, 3.05) is 31.1 Å². The zero-order valence-electron chi connectivity index (χ0n) is 16.1. The fourth-order valence-corrected chi connectivity index (χ4v) is 3.55. The number of anilines is 1. The van der Waals surface area contributed by atoms with Crippen molar-refractivity contribution in [2.45, 2.75) is 20.3 Å². The number of nitrogens with zero attached hydrogens (tertiary/aromatic N) is 2. The van der Waals surface area contributed by atoms with Crippen LogP contribution in [0.3, 0.4) is 0 Å². The Morgan fingerprint density at radius 1 is 1.07 bits per heavy atom. The molecule has 1 saturated heterocycles. The molecule has 1 fully saturated rings. The summed E-state index contributed by atoms with van der Waals surface area (Å²) >= 11 is 6.08. The first-order valence-corrected chi connectivity index (χ1v) is 9.95. The van der Waals surface area contributed by atoms with Crippen LogP contribution in [-0.4, -0.2) is 37.0 Å². The Morgan fingerprint density at radius 2 is 1.78 bits per heavy atom. The molecule has 0 aromatic heterocycles. The van der Waals surface area contributed by atoms with Crippen molar-refractivity contribution in [2.24, 2.45) is 5.92 Å². The minimum absolute atomic E-state index is 0.0759. The van der Waals surface area contributed by atoms with Crippen LogP contribution in [0, 0.1) is 5.92 Å². The van der Waals surface area contributed by atoms with Crippen molar-refractivity contribution in [3.8, 4) is 0 Å². The Balaban J connectivity index is 1.52. The molecule has 1 heterocycles. The zero-order valence-corrected chi connectivity index (χ0v) is 16.8. The molecule has 0 atom stereocenters. The van der Waals surface area contributed by atoms with E-state index in [1.807, 2.05) is 29.2 Å². The predicted molar refractivity (Wildman–Crippen MR) is 114 cm³/mol. The third kappa shape index (κ3) is 5.61. The fraction of sp³-hybridized carbons (Fsp3) is 0.348. The van der Waals surface area contributed by atoms with Gasteiger partial charge in [0.1, 0.15) is 0 Å². The smallest absolute Gasteiger partial charge is 0.246 e. The highest BCUT2D eigenvalue weighted by Gasteiger charge is 2.19. The van der Waals surface area contributed by atoms with Crippen LogP contribution in [0.4, 0.5) is 5.69 Å². The van der Waals surface area contributed by atoms with E-state index in [9.17, 15) is 4.79 Å². The number of hydrogen-bond acceptors (Lipinski definition) is 2. The van der Waals surface area contributed by atoms with Crippen LogP contribution >= 0.6 is 11.6 Å². The summed E-state index contributed by atoms with van der Waals surface area (Å²) in [5, 5.41) is 0.744. The van der Waals surface area contributed by atoms with Gasteiger partial charge in [0.25, 0.3) is 0 Å². The quantitative estimate of drug-likeness (QED) is 0.686. The molecule has 0 spiro atoms. The molecule has 0 aliphatic carbocycles. The lowest BCUT2D eigenvalue weighted by Gasteiger charge is -2.35. The van der Waals surface area contributed by atoms with Crippen molar-refractivity contribution >= 4 is 29.3 Å². The topological polar surface area (TPSA) is 23.6 Å². The molecule has 2 aromatic carbocycles. The molecule has 0 unspecified atom stereocenters. The van der Waals surface area contributed by atoms with E-state index in [0.29, 0.717) is 5.92 Å². The molecule has 1 aliphatic rings. The summed E-state index contributed by atoms with van der Waals surface area (Å²) in [6.45, 7) is 7.54. The molecule has 3 rings (SSSR count). The standard InChI is InChI=1S/C23H27ClN2O/c1-18(2)16-20-8-6-19(7-9-20)10-11-23(27)26-14-12-25(13-15-26)22-5-3-4-21(24)17-22/h3-11,17-18H,12-16H2,1-2H3/b11-10-. The number of carbonyl (C=O) groups is 1. The number of piperazine rings is 1. The summed E-state index contributed by atoms with van der Waals surface area (Å²) in [5.41, 5.74) is 3.52. The highest BCUT2D eigenvalue weighted by atomic mass is 35.5. The minimum atomic E-state index is 0.0759. The number of carbonyl (C=O) groups excluding carboxylic acids is 1. The third-order valence-electron chi connectivity index (χ3n) is 4.81. The van der Waals surface area contributed by atoms with Crippen LogP contribution < -0.4 is 4.90 Å². The average molecular weight is 383 g/mol. The molecule has 1 aliphatic heterocycles. The maximum atomic E-state index is 12.5. The lowest BCUT2D eigenvalue weighted by Crippen LogP contribution is -2.48. The van der Waals surface area contributed by atoms with Gasteiger partial charge in [0, 0.05) is 43.0 Å². The minimum Gasteiger partial charge on any atom is -0.368 e. The van der Waals surface area contributed by atoms with E-state index in [2.05, 4.69) is 49.1 Å². The second-order valence-electron chi connectivity index (χ2n) is 7.47. The van der Waals surface area contributed by atoms with E-state index in [1.54, 1.807) is 6.08 Å². The Bertz CT molecular complexity index is 790. The van der Waals surface area contributed by atoms with Crippen molar-refractivity contribution in [1.29, 1.82) is 0 Å². The lowest BCUT2D eigenvalue weighted by atomic mass is 10.0. The second-order valence-corrected chi connectivity index (χ2v) is 7.90. The highest BCUT2D eigenvalue weighted by molar-refractivity contribution is 6.30. The van der Waals surface area contributed by atoms with Gasteiger partial charge in [-0.05, 0) is 47.7 Å². The number of rotatable bonds is 5. The van der Waals surface area contributed by atoms with Gasteiger partial charge in [-0.25, -0.2) is 0 Å². The second kappa shape index (κ2) is 9.09. The van der Waals surface area contributed by atoms with E-state index in [0.717, 1.165) is 48.9 Å². The largest absolute Gasteiger partial charge is 0.368 e. The molecule has 142 valence electrons. The van der Waals surface area contributed by atoms with Crippen molar-refractivity contribution in [3.63, 3.8) is 0 Å². The van der Waals surface area contributed by atoms with Gasteiger partial charge in [0.05, 0.1) is 0 Å². The molecule has 1 amide bonds. The van der Waals surface area contributed by atoms with Crippen molar-refractivity contribution in [1.82, 2.24) is 4.90 Å². The first-order chi connectivity index (χ1) is 13.0. The number of hydrogen-bond donors (Lipinski definition) is 0. The summed E-state index contributed by atoms with van der Waals surface area (Å²) in [4.78, 5) is 16.7. The summed E-state index contributed by atoms with van der Waals surface area (Å²) in [6.07, 6.45) is 4.68. The monoisotopic (exact) mass is 382 g/mol. The third-order valence-corrected chi connectivity index (χ3v) is 5.04. The van der Waals surface area contributed by atoms with Crippen LogP contribution in [-0.2, 0) is 11.2 Å². The molecule has 4 heteroatoms. The molecule has 3 nitrogen and oxygen atoms in total. The Morgan fingerprint density at radius 3 is 2.41 bits per heavy atom. The van der Waals surface area contributed by atoms with Crippen LogP contribution in [0.25, 0.3) is 6.08 Å². The van der Waals surface area contributed by atoms with Gasteiger partial charge in [0.2, 0.25) is 5.91 Å². The lowest BCUT2D eigenvalue weighted by molar-refractivity contribution is -0.126. The van der Waals surface area contributed by atoms with Crippen LogP contribution in [0.15, 0.2) is 54.6 Å². The summed E-state index contributed by atoms with van der Waals surface area (Å²) < 4.78 is 0. The van der Waals surface area contributed by atoms with E-state index in [4.69, 9.17) is 11.6 Å². The number of amides is 1. The molecular formula is C23H27ClN2O. The van der Waals surface area contributed by atoms with Crippen molar-refractivity contribution < 1.29 is 4.79 Å². The van der Waals surface area contributed by atoms with Crippen LogP contribution in [0.2, 0.25) is 5.02 Å². The average Bonchev–Trinajstić information content (AvgIpc) is 2.67. The van der Waals surface area contributed by atoms with Gasteiger partial charge in [-0.15, -0.1) is 0 Å². The first kappa shape index (κ1) is 19.5. The van der Waals surface area contributed by atoms with Gasteiger partial charge in [-0.1, -0.05) is 55.8 Å². The predicted octanol–water partition coefficient (Wildman–Crippen LogP) is 4.90. The summed E-state index contributed by atoms with van der Waals surface area (Å²) in [5.74, 6) is 0.727. The van der Waals surface area contributed by atoms with Crippen LogP contribution in [0.1, 0.15) is 25.0 Å². The molecule has 2 aromatic rings. The van der Waals surface area contributed by atoms with E-state index in [1.165, 1.54) is 5.56 Å². The first-order valence-electron chi connectivity index (χ1n) is 9.58. The van der Waals surface area contributed by atoms with E-state index < -0.39 is 0 Å². The van der Waals surface area contributed by atoms with Gasteiger partial charge >= 0.3 is 0 Å². The molecule has 0 radical (unpaired) electrons. The summed E-state index contributed by atoms with van der Waals surface area (Å²) in [6, 6.07) is 16.3. The van der Waals surface area contributed by atoms with Crippen molar-refractivity contribution in [3.05, 3.63) is 70.8 Å². The zero-order chi connectivity index (χ0) is 19.2. The van der Waals surface area contributed by atoms with Gasteiger partial charge < -0.3 is 9.80 Å². The highest BCUT2D eigenvalue weighted by Crippen LogP contribution is 2.21. The maximum Gasteiger partial charge on any atom is 0.246 e. The van der Waals surface area contributed by atoms with Crippen LogP contribution in [0.5, 0.6) is 0 Å².